The van der Waals surface area contributed by atoms with Crippen LogP contribution >= 0.6 is 27.3 Å². The van der Waals surface area contributed by atoms with Crippen LogP contribution in [0.3, 0.4) is 0 Å². The van der Waals surface area contributed by atoms with E-state index in [1.165, 1.54) is 10.4 Å². The van der Waals surface area contributed by atoms with Gasteiger partial charge in [-0.25, -0.2) is 4.52 Å². The molecule has 4 heterocycles. The van der Waals surface area contributed by atoms with Crippen molar-refractivity contribution in [3.05, 3.63) is 56.4 Å². The van der Waals surface area contributed by atoms with Crippen molar-refractivity contribution in [2.24, 2.45) is 4.99 Å². The molecule has 0 aromatic carbocycles. The van der Waals surface area contributed by atoms with Gasteiger partial charge in [-0.3, -0.25) is 4.99 Å². The Morgan fingerprint density at radius 1 is 1.13 bits per heavy atom. The molecular formula is C18H18BrN3S. The Labute approximate surface area is 148 Å². The molecule has 0 aliphatic carbocycles. The lowest BCUT2D eigenvalue weighted by Crippen LogP contribution is -2.45. The number of nitrogens with zero attached hydrogens (tertiary/aromatic N) is 3. The second-order valence-corrected chi connectivity index (χ2v) is 8.77. The Hall–Kier alpha value is -1.46. The number of aromatic nitrogens is 2. The molecule has 1 aliphatic heterocycles. The smallest absolute Gasteiger partial charge is 0.108 e. The molecule has 0 atom stereocenters. The monoisotopic (exact) mass is 387 g/mol. The van der Waals surface area contributed by atoms with Gasteiger partial charge in [0, 0.05) is 11.0 Å². The highest BCUT2D eigenvalue weighted by Gasteiger charge is 2.44. The van der Waals surface area contributed by atoms with Crippen LogP contribution in [0.1, 0.15) is 43.7 Å². The van der Waals surface area contributed by atoms with Crippen molar-refractivity contribution in [3.63, 3.8) is 0 Å². The summed E-state index contributed by atoms with van der Waals surface area (Å²) in [6.07, 6.45) is 1.91. The molecule has 0 N–H and O–H groups in total. The average Bonchev–Trinajstić information content (AvgIpc) is 3.11. The van der Waals surface area contributed by atoms with Gasteiger partial charge >= 0.3 is 0 Å². The first-order chi connectivity index (χ1) is 10.8. The summed E-state index contributed by atoms with van der Waals surface area (Å²) in [5.41, 5.74) is 4.45. The average molecular weight is 388 g/mol. The fraction of sp³-hybridized carbons (Fsp3) is 0.333. The van der Waals surface area contributed by atoms with Gasteiger partial charge in [-0.15, -0.1) is 11.3 Å². The summed E-state index contributed by atoms with van der Waals surface area (Å²) in [5, 5.41) is 6.72. The van der Waals surface area contributed by atoms with Crippen LogP contribution in [0.4, 0.5) is 0 Å². The molecular weight excluding hydrogens is 370 g/mol. The zero-order valence-electron chi connectivity index (χ0n) is 13.6. The van der Waals surface area contributed by atoms with Gasteiger partial charge in [-0.2, -0.15) is 5.10 Å². The van der Waals surface area contributed by atoms with Crippen molar-refractivity contribution in [2.75, 3.05) is 0 Å². The normalized spacial score (nSPS) is 18.7. The fourth-order valence-corrected chi connectivity index (χ4v) is 4.57. The van der Waals surface area contributed by atoms with Gasteiger partial charge in [0.2, 0.25) is 0 Å². The van der Waals surface area contributed by atoms with Crippen molar-refractivity contribution in [1.82, 2.24) is 9.61 Å². The van der Waals surface area contributed by atoms with E-state index in [-0.39, 0.29) is 11.0 Å². The molecule has 0 saturated carbocycles. The maximum atomic E-state index is 5.13. The highest BCUT2D eigenvalue weighted by Crippen LogP contribution is 2.45. The number of aliphatic imine (C=N–C) groups is 1. The number of thiophene rings is 1. The van der Waals surface area contributed by atoms with Gasteiger partial charge in [0.25, 0.3) is 0 Å². The SMILES string of the molecule is CC1(C)N=C(c2cnn3c(Br)ccc3c2)c2sccc2C1(C)C. The van der Waals surface area contributed by atoms with Crippen LogP contribution in [-0.2, 0) is 5.41 Å². The number of hydrogen-bond donors (Lipinski definition) is 0. The van der Waals surface area contributed by atoms with Crippen molar-refractivity contribution in [1.29, 1.82) is 0 Å². The maximum absolute atomic E-state index is 5.13. The predicted octanol–water partition coefficient (Wildman–Crippen LogP) is 5.07. The summed E-state index contributed by atoms with van der Waals surface area (Å²) >= 11 is 5.28. The lowest BCUT2D eigenvalue weighted by molar-refractivity contribution is 0.305. The van der Waals surface area contributed by atoms with Crippen molar-refractivity contribution >= 4 is 38.5 Å². The van der Waals surface area contributed by atoms with Crippen LogP contribution in [0.2, 0.25) is 0 Å². The van der Waals surface area contributed by atoms with Crippen molar-refractivity contribution < 1.29 is 0 Å². The summed E-state index contributed by atoms with van der Waals surface area (Å²) in [7, 11) is 0. The van der Waals surface area contributed by atoms with Gasteiger partial charge in [-0.05, 0) is 65.0 Å². The van der Waals surface area contributed by atoms with E-state index in [1.807, 2.05) is 16.8 Å². The van der Waals surface area contributed by atoms with Crippen LogP contribution in [0, 0.1) is 0 Å². The summed E-state index contributed by atoms with van der Waals surface area (Å²) in [5.74, 6) is 0. The molecule has 1 aliphatic rings. The topological polar surface area (TPSA) is 29.7 Å². The minimum absolute atomic E-state index is 0.0153. The number of fused-ring (bicyclic) bond motifs is 2. The summed E-state index contributed by atoms with van der Waals surface area (Å²) in [4.78, 5) is 6.40. The first-order valence-electron chi connectivity index (χ1n) is 7.63. The highest BCUT2D eigenvalue weighted by molar-refractivity contribution is 9.10. The van der Waals surface area contributed by atoms with E-state index >= 15 is 0 Å². The molecule has 0 radical (unpaired) electrons. The zero-order valence-corrected chi connectivity index (χ0v) is 16.0. The Morgan fingerprint density at radius 3 is 2.70 bits per heavy atom. The molecule has 3 aromatic heterocycles. The predicted molar refractivity (Wildman–Crippen MR) is 100.0 cm³/mol. The molecule has 0 bridgehead atoms. The van der Waals surface area contributed by atoms with Crippen molar-refractivity contribution in [3.8, 4) is 0 Å². The second-order valence-electron chi connectivity index (χ2n) is 7.04. The lowest BCUT2D eigenvalue weighted by atomic mass is 9.68. The van der Waals surface area contributed by atoms with E-state index in [4.69, 9.17) is 4.99 Å². The largest absolute Gasteiger partial charge is 0.276 e. The van der Waals surface area contributed by atoms with Crippen LogP contribution in [0.15, 0.2) is 45.4 Å². The van der Waals surface area contributed by atoms with Crippen LogP contribution in [0.5, 0.6) is 0 Å². The standard InChI is InChI=1S/C18H18BrN3S/c1-17(2)13-7-8-23-16(13)15(21-18(17,3)4)11-9-12-5-6-14(19)22(12)20-10-11/h5-10H,1-4H3. The van der Waals surface area contributed by atoms with E-state index in [0.717, 1.165) is 21.4 Å². The fourth-order valence-electron chi connectivity index (χ4n) is 3.08. The summed E-state index contributed by atoms with van der Waals surface area (Å²) in [6, 6.07) is 8.48. The molecule has 0 saturated heterocycles. The Morgan fingerprint density at radius 2 is 1.91 bits per heavy atom. The van der Waals surface area contributed by atoms with Gasteiger partial charge in [-0.1, -0.05) is 13.8 Å². The minimum atomic E-state index is -0.162. The van der Waals surface area contributed by atoms with Crippen LogP contribution < -0.4 is 0 Å². The highest BCUT2D eigenvalue weighted by atomic mass is 79.9. The molecule has 0 fully saturated rings. The molecule has 0 spiro atoms. The molecule has 4 rings (SSSR count). The van der Waals surface area contributed by atoms with Gasteiger partial charge in [0.1, 0.15) is 4.60 Å². The summed E-state index contributed by atoms with van der Waals surface area (Å²) in [6.45, 7) is 9.00. The zero-order chi connectivity index (χ0) is 16.4. The van der Waals surface area contributed by atoms with E-state index in [9.17, 15) is 0 Å². The van der Waals surface area contributed by atoms with Gasteiger partial charge in [0.15, 0.2) is 0 Å². The second kappa shape index (κ2) is 4.77. The third-order valence-corrected chi connectivity index (χ3v) is 6.72. The van der Waals surface area contributed by atoms with E-state index in [1.54, 1.807) is 11.3 Å². The Bertz CT molecular complexity index is 946. The lowest BCUT2D eigenvalue weighted by Gasteiger charge is -2.43. The molecule has 0 unspecified atom stereocenters. The maximum Gasteiger partial charge on any atom is 0.108 e. The summed E-state index contributed by atoms with van der Waals surface area (Å²) < 4.78 is 2.85. The molecule has 5 heteroatoms. The van der Waals surface area contributed by atoms with Crippen LogP contribution in [0.25, 0.3) is 5.52 Å². The van der Waals surface area contributed by atoms with Crippen molar-refractivity contribution in [2.45, 2.75) is 38.6 Å². The number of hydrogen-bond acceptors (Lipinski definition) is 3. The van der Waals surface area contributed by atoms with Crippen LogP contribution in [-0.4, -0.2) is 20.9 Å². The van der Waals surface area contributed by atoms with Gasteiger partial charge < -0.3 is 0 Å². The van der Waals surface area contributed by atoms with Gasteiger partial charge in [0.05, 0.1) is 27.8 Å². The first kappa shape index (κ1) is 15.1. The Kier molecular flexibility index (Phi) is 3.13. The third kappa shape index (κ3) is 2.06. The van der Waals surface area contributed by atoms with E-state index in [0.29, 0.717) is 0 Å². The number of halogens is 1. The quantitative estimate of drug-likeness (QED) is 0.573. The first-order valence-corrected chi connectivity index (χ1v) is 9.30. The van der Waals surface area contributed by atoms with E-state index in [2.05, 4.69) is 72.3 Å². The molecule has 118 valence electrons. The Balaban J connectivity index is 1.95. The molecule has 0 amide bonds. The molecule has 3 nitrogen and oxygen atoms in total. The van der Waals surface area contributed by atoms with E-state index < -0.39 is 0 Å². The molecule has 23 heavy (non-hydrogen) atoms. The minimum Gasteiger partial charge on any atom is -0.276 e. The third-order valence-electron chi connectivity index (χ3n) is 5.20. The molecule has 3 aromatic rings. The number of rotatable bonds is 1.